The topological polar surface area (TPSA) is 75.7 Å². The van der Waals surface area contributed by atoms with Crippen LogP contribution in [0, 0.1) is 5.82 Å². The summed E-state index contributed by atoms with van der Waals surface area (Å²) >= 11 is 0. The van der Waals surface area contributed by atoms with E-state index in [0.717, 1.165) is 6.07 Å². The van der Waals surface area contributed by atoms with Crippen molar-refractivity contribution in [2.45, 2.75) is 24.6 Å². The second kappa shape index (κ2) is 9.87. The second-order valence-electron chi connectivity index (χ2n) is 6.68. The molecule has 0 aliphatic heterocycles. The highest BCUT2D eigenvalue weighted by atomic mass is 19.4. The number of hydrogen-bond acceptors (Lipinski definition) is 4. The first-order valence-electron chi connectivity index (χ1n) is 8.96. The summed E-state index contributed by atoms with van der Waals surface area (Å²) in [7, 11) is 0. The largest absolute Gasteiger partial charge is 0.493 e. The molecule has 4 N–H and O–H groups in total. The molecule has 0 aliphatic carbocycles. The Hall–Kier alpha value is -2.42. The first-order valence-corrected chi connectivity index (χ1v) is 8.96. The van der Waals surface area contributed by atoms with Crippen LogP contribution in [0.1, 0.15) is 23.1 Å². The fourth-order valence-corrected chi connectivity index (χ4v) is 2.56. The molecule has 0 amide bonds. The number of rotatable bonds is 9. The molecule has 0 aliphatic rings. The maximum Gasteiger partial charge on any atom is 0.419 e. The van der Waals surface area contributed by atoms with Crippen LogP contribution in [0.3, 0.4) is 0 Å². The standard InChI is InChI=1S/C21H23F4NO3/c22-18-6-2-1-4-16(18)5-3-11-29-19-8-7-15(12-17(19)21(23,24)25)9-10-20(26,13-27)14-28/h1-2,4,6-10,12,27-28H,3,5,11,13-14,26H2. The van der Waals surface area contributed by atoms with Crippen LogP contribution >= 0.6 is 0 Å². The molecule has 0 spiro atoms. The lowest BCUT2D eigenvalue weighted by atomic mass is 10.0. The van der Waals surface area contributed by atoms with Gasteiger partial charge in [0.1, 0.15) is 11.6 Å². The van der Waals surface area contributed by atoms with E-state index < -0.39 is 30.5 Å². The smallest absolute Gasteiger partial charge is 0.419 e. The van der Waals surface area contributed by atoms with Crippen LogP contribution in [0.2, 0.25) is 0 Å². The first-order chi connectivity index (χ1) is 13.7. The van der Waals surface area contributed by atoms with E-state index in [2.05, 4.69) is 0 Å². The minimum atomic E-state index is -4.64. The van der Waals surface area contributed by atoms with Crippen LogP contribution in [-0.2, 0) is 12.6 Å². The minimum absolute atomic E-state index is 0.00641. The quantitative estimate of drug-likeness (QED) is 0.434. The highest BCUT2D eigenvalue weighted by molar-refractivity contribution is 5.55. The molecule has 0 atom stereocenters. The van der Waals surface area contributed by atoms with Crippen LogP contribution in [0.15, 0.2) is 48.5 Å². The van der Waals surface area contributed by atoms with Crippen LogP contribution in [0.25, 0.3) is 6.08 Å². The molecule has 0 radical (unpaired) electrons. The fourth-order valence-electron chi connectivity index (χ4n) is 2.56. The summed E-state index contributed by atoms with van der Waals surface area (Å²) in [4.78, 5) is 0. The van der Waals surface area contributed by atoms with Crippen molar-refractivity contribution in [1.29, 1.82) is 0 Å². The number of alkyl halides is 3. The van der Waals surface area contributed by atoms with Gasteiger partial charge in [0, 0.05) is 0 Å². The van der Waals surface area contributed by atoms with Gasteiger partial charge >= 0.3 is 6.18 Å². The molecule has 4 nitrogen and oxygen atoms in total. The van der Waals surface area contributed by atoms with Crippen molar-refractivity contribution in [3.8, 4) is 5.75 Å². The minimum Gasteiger partial charge on any atom is -0.493 e. The molecule has 0 aromatic heterocycles. The lowest BCUT2D eigenvalue weighted by Gasteiger charge is -2.20. The molecule has 0 fully saturated rings. The maximum atomic E-state index is 13.6. The Bertz CT molecular complexity index is 833. The van der Waals surface area contributed by atoms with E-state index in [9.17, 15) is 17.6 Å². The molecule has 0 heterocycles. The SMILES string of the molecule is NC(C=Cc1ccc(OCCCc2ccccc2F)c(C(F)(F)F)c1)(CO)CO. The van der Waals surface area contributed by atoms with Crippen molar-refractivity contribution in [3.05, 3.63) is 71.0 Å². The summed E-state index contributed by atoms with van der Waals surface area (Å²) in [6.07, 6.45) is -1.40. The van der Waals surface area contributed by atoms with Crippen molar-refractivity contribution >= 4 is 6.08 Å². The molecule has 158 valence electrons. The van der Waals surface area contributed by atoms with Gasteiger partial charge in [-0.05, 0) is 42.2 Å². The summed E-state index contributed by atoms with van der Waals surface area (Å²) in [5.41, 5.74) is 3.96. The van der Waals surface area contributed by atoms with Gasteiger partial charge in [0.05, 0.1) is 30.9 Å². The van der Waals surface area contributed by atoms with Gasteiger partial charge in [0.25, 0.3) is 0 Å². The average Bonchev–Trinajstić information content (AvgIpc) is 2.70. The molecule has 2 rings (SSSR count). The van der Waals surface area contributed by atoms with E-state index in [1.54, 1.807) is 18.2 Å². The van der Waals surface area contributed by atoms with Gasteiger partial charge in [-0.3, -0.25) is 0 Å². The van der Waals surface area contributed by atoms with Crippen LogP contribution in [0.4, 0.5) is 17.6 Å². The number of nitrogens with two attached hydrogens (primary N) is 1. The van der Waals surface area contributed by atoms with Gasteiger partial charge in [0.2, 0.25) is 0 Å². The number of ether oxygens (including phenoxy) is 1. The summed E-state index contributed by atoms with van der Waals surface area (Å²) in [5.74, 6) is -0.687. The zero-order valence-electron chi connectivity index (χ0n) is 15.6. The highest BCUT2D eigenvalue weighted by Gasteiger charge is 2.34. The monoisotopic (exact) mass is 413 g/mol. The Morgan fingerprint density at radius 1 is 1.03 bits per heavy atom. The van der Waals surface area contributed by atoms with Gasteiger partial charge in [-0.25, -0.2) is 4.39 Å². The van der Waals surface area contributed by atoms with Crippen molar-refractivity contribution in [2.24, 2.45) is 5.73 Å². The Morgan fingerprint density at radius 2 is 1.72 bits per heavy atom. The number of aliphatic hydroxyl groups is 2. The molecule has 0 saturated carbocycles. The molecule has 2 aromatic carbocycles. The number of benzene rings is 2. The molecule has 2 aromatic rings. The van der Waals surface area contributed by atoms with Crippen LogP contribution in [0.5, 0.6) is 5.75 Å². The van der Waals surface area contributed by atoms with Crippen molar-refractivity contribution in [1.82, 2.24) is 0 Å². The molecule has 0 unspecified atom stereocenters. The van der Waals surface area contributed by atoms with Gasteiger partial charge in [-0.2, -0.15) is 13.2 Å². The van der Waals surface area contributed by atoms with Crippen molar-refractivity contribution < 1.29 is 32.5 Å². The number of hydrogen-bond donors (Lipinski definition) is 3. The molecule has 0 bridgehead atoms. The highest BCUT2D eigenvalue weighted by Crippen LogP contribution is 2.37. The van der Waals surface area contributed by atoms with E-state index in [-0.39, 0.29) is 23.7 Å². The normalized spacial score (nSPS) is 12.5. The van der Waals surface area contributed by atoms with E-state index in [1.807, 2.05) is 0 Å². The van der Waals surface area contributed by atoms with E-state index in [1.165, 1.54) is 30.4 Å². The van der Waals surface area contributed by atoms with Gasteiger partial charge in [-0.15, -0.1) is 0 Å². The van der Waals surface area contributed by atoms with Gasteiger partial charge in [0.15, 0.2) is 0 Å². The lowest BCUT2D eigenvalue weighted by molar-refractivity contribution is -0.139. The van der Waals surface area contributed by atoms with Crippen molar-refractivity contribution in [3.63, 3.8) is 0 Å². The summed E-state index contributed by atoms with van der Waals surface area (Å²) < 4.78 is 59.1. The van der Waals surface area contributed by atoms with Crippen LogP contribution in [-0.4, -0.2) is 35.6 Å². The molecule has 29 heavy (non-hydrogen) atoms. The van der Waals surface area contributed by atoms with Gasteiger partial charge in [-0.1, -0.05) is 36.4 Å². The number of halogens is 4. The predicted octanol–water partition coefficient (Wildman–Crippen LogP) is 3.55. The predicted molar refractivity (Wildman–Crippen MR) is 102 cm³/mol. The molecule has 0 saturated heterocycles. The third kappa shape index (κ3) is 6.56. The average molecular weight is 413 g/mol. The molecular formula is C21H23F4NO3. The third-order valence-electron chi connectivity index (χ3n) is 4.31. The first kappa shape index (κ1) is 22.9. The fraction of sp³-hybridized carbons (Fsp3) is 0.333. The zero-order chi connectivity index (χ0) is 21.5. The lowest BCUT2D eigenvalue weighted by Crippen LogP contribution is -2.45. The maximum absolute atomic E-state index is 13.6. The Labute approximate surface area is 166 Å². The molecule has 8 heteroatoms. The Morgan fingerprint density at radius 3 is 2.34 bits per heavy atom. The zero-order valence-corrected chi connectivity index (χ0v) is 15.6. The number of aryl methyl sites for hydroxylation is 1. The summed E-state index contributed by atoms with van der Waals surface area (Å²) in [5, 5.41) is 18.3. The Kier molecular flexibility index (Phi) is 7.78. The van der Waals surface area contributed by atoms with Crippen LogP contribution < -0.4 is 10.5 Å². The van der Waals surface area contributed by atoms with E-state index in [0.29, 0.717) is 18.4 Å². The van der Waals surface area contributed by atoms with E-state index in [4.69, 9.17) is 20.7 Å². The summed E-state index contributed by atoms with van der Waals surface area (Å²) in [6.45, 7) is -1.13. The Balaban J connectivity index is 2.09. The third-order valence-corrected chi connectivity index (χ3v) is 4.31. The molecular weight excluding hydrogens is 390 g/mol. The van der Waals surface area contributed by atoms with Crippen molar-refractivity contribution in [2.75, 3.05) is 19.8 Å². The van der Waals surface area contributed by atoms with Gasteiger partial charge < -0.3 is 20.7 Å². The number of aliphatic hydroxyl groups excluding tert-OH is 2. The second-order valence-corrected chi connectivity index (χ2v) is 6.68. The van der Waals surface area contributed by atoms with E-state index >= 15 is 0 Å². The summed E-state index contributed by atoms with van der Waals surface area (Å²) in [6, 6.07) is 9.71.